The Kier molecular flexibility index (Phi) is 4.50. The molecular weight excluding hydrogens is 330 g/mol. The third-order valence-corrected chi connectivity index (χ3v) is 4.55. The summed E-state index contributed by atoms with van der Waals surface area (Å²) < 4.78 is 0. The molecule has 0 fully saturated rings. The molecule has 26 heavy (non-hydrogen) atoms. The molecule has 1 aliphatic rings. The van der Waals surface area contributed by atoms with Crippen LogP contribution in [0.3, 0.4) is 0 Å². The first kappa shape index (κ1) is 17.7. The molecule has 0 bridgehead atoms. The Labute approximate surface area is 152 Å². The average Bonchev–Trinajstić information content (AvgIpc) is 2.82. The number of benzene rings is 2. The van der Waals surface area contributed by atoms with Gasteiger partial charge in [-0.3, -0.25) is 14.5 Å². The number of carbonyl (C=O) groups is 3. The Morgan fingerprint density at radius 2 is 1.65 bits per heavy atom. The van der Waals surface area contributed by atoms with Gasteiger partial charge in [-0.15, -0.1) is 0 Å². The summed E-state index contributed by atoms with van der Waals surface area (Å²) in [5.41, 5.74) is 3.93. The first-order chi connectivity index (χ1) is 12.3. The van der Waals surface area contributed by atoms with Gasteiger partial charge in [-0.05, 0) is 63.1 Å². The lowest BCUT2D eigenvalue weighted by molar-refractivity contribution is 0.0609. The Hall–Kier alpha value is -3.15. The zero-order valence-corrected chi connectivity index (χ0v) is 15.2. The number of rotatable bonds is 3. The maximum atomic E-state index is 12.4. The first-order valence-electron chi connectivity index (χ1n) is 8.45. The number of hydrogen-bond acceptors (Lipinski definition) is 3. The molecule has 3 rings (SSSR count). The van der Waals surface area contributed by atoms with Crippen LogP contribution in [0.2, 0.25) is 0 Å². The molecule has 0 saturated heterocycles. The largest absolute Gasteiger partial charge is 0.323 e. The summed E-state index contributed by atoms with van der Waals surface area (Å²) in [4.78, 5) is 38.2. The van der Waals surface area contributed by atoms with Gasteiger partial charge in [-0.1, -0.05) is 12.1 Å². The standard InChI is InChI=1S/C20H21N3O3/c1-11(2)23-18(24)15-9-8-14(10-16(15)19(23)25)21-20(26)22-17-7-5-6-12(3)13(17)4/h5-11H,1-4H3,(H2,21,22,26). The monoisotopic (exact) mass is 351 g/mol. The maximum absolute atomic E-state index is 12.4. The Morgan fingerprint density at radius 1 is 0.962 bits per heavy atom. The lowest BCUT2D eigenvalue weighted by atomic mass is 10.1. The van der Waals surface area contributed by atoms with E-state index >= 15 is 0 Å². The first-order valence-corrected chi connectivity index (χ1v) is 8.45. The Morgan fingerprint density at radius 3 is 2.35 bits per heavy atom. The van der Waals surface area contributed by atoms with Crippen molar-refractivity contribution in [3.05, 3.63) is 58.7 Å². The van der Waals surface area contributed by atoms with Gasteiger partial charge in [0.25, 0.3) is 11.8 Å². The Balaban J connectivity index is 1.78. The third-order valence-electron chi connectivity index (χ3n) is 4.55. The van der Waals surface area contributed by atoms with Crippen LogP contribution < -0.4 is 10.6 Å². The molecule has 0 saturated carbocycles. The van der Waals surface area contributed by atoms with Crippen LogP contribution in [0, 0.1) is 13.8 Å². The van der Waals surface area contributed by atoms with Gasteiger partial charge in [-0.25, -0.2) is 4.79 Å². The molecule has 6 heteroatoms. The summed E-state index contributed by atoms with van der Waals surface area (Å²) in [5.74, 6) is -0.634. The van der Waals surface area contributed by atoms with E-state index in [9.17, 15) is 14.4 Å². The van der Waals surface area contributed by atoms with Gasteiger partial charge in [0, 0.05) is 17.4 Å². The summed E-state index contributed by atoms with van der Waals surface area (Å²) in [6, 6.07) is 9.79. The van der Waals surface area contributed by atoms with E-state index in [0.717, 1.165) is 16.8 Å². The minimum atomic E-state index is -0.406. The van der Waals surface area contributed by atoms with Crippen LogP contribution >= 0.6 is 0 Å². The van der Waals surface area contributed by atoms with Crippen LogP contribution in [-0.2, 0) is 0 Å². The van der Waals surface area contributed by atoms with Gasteiger partial charge in [0.15, 0.2) is 0 Å². The van der Waals surface area contributed by atoms with Crippen LogP contribution in [0.25, 0.3) is 0 Å². The maximum Gasteiger partial charge on any atom is 0.323 e. The van der Waals surface area contributed by atoms with Crippen molar-refractivity contribution in [2.45, 2.75) is 33.7 Å². The predicted octanol–water partition coefficient (Wildman–Crippen LogP) is 3.95. The number of urea groups is 1. The molecule has 0 spiro atoms. The molecule has 134 valence electrons. The molecule has 0 aliphatic carbocycles. The van der Waals surface area contributed by atoms with Gasteiger partial charge in [-0.2, -0.15) is 0 Å². The highest BCUT2D eigenvalue weighted by atomic mass is 16.2. The van der Waals surface area contributed by atoms with Crippen LogP contribution in [0.15, 0.2) is 36.4 Å². The minimum absolute atomic E-state index is 0.216. The molecule has 0 unspecified atom stereocenters. The fraction of sp³-hybridized carbons (Fsp3) is 0.250. The smallest absolute Gasteiger partial charge is 0.308 e. The van der Waals surface area contributed by atoms with Gasteiger partial charge >= 0.3 is 6.03 Å². The minimum Gasteiger partial charge on any atom is -0.308 e. The fourth-order valence-electron chi connectivity index (χ4n) is 2.98. The van der Waals surface area contributed by atoms with E-state index in [-0.39, 0.29) is 17.9 Å². The van der Waals surface area contributed by atoms with E-state index in [0.29, 0.717) is 16.8 Å². The zero-order valence-electron chi connectivity index (χ0n) is 15.2. The van der Waals surface area contributed by atoms with Crippen molar-refractivity contribution in [1.82, 2.24) is 4.90 Å². The van der Waals surface area contributed by atoms with Gasteiger partial charge < -0.3 is 10.6 Å². The SMILES string of the molecule is Cc1cccc(NC(=O)Nc2ccc3c(c2)C(=O)N(C(C)C)C3=O)c1C. The van der Waals surface area contributed by atoms with E-state index < -0.39 is 6.03 Å². The molecule has 2 N–H and O–H groups in total. The highest BCUT2D eigenvalue weighted by Gasteiger charge is 2.37. The number of nitrogens with one attached hydrogen (secondary N) is 2. The third kappa shape index (κ3) is 3.06. The molecule has 0 atom stereocenters. The molecular formula is C20H21N3O3. The number of imide groups is 1. The Bertz CT molecular complexity index is 919. The van der Waals surface area contributed by atoms with Crippen molar-refractivity contribution in [2.24, 2.45) is 0 Å². The van der Waals surface area contributed by atoms with E-state index in [2.05, 4.69) is 10.6 Å². The van der Waals surface area contributed by atoms with Crippen molar-refractivity contribution in [2.75, 3.05) is 10.6 Å². The summed E-state index contributed by atoms with van der Waals surface area (Å²) in [6.07, 6.45) is 0. The van der Waals surface area contributed by atoms with Crippen molar-refractivity contribution < 1.29 is 14.4 Å². The van der Waals surface area contributed by atoms with E-state index in [1.54, 1.807) is 32.0 Å². The van der Waals surface area contributed by atoms with Crippen LogP contribution in [0.4, 0.5) is 16.2 Å². The second kappa shape index (κ2) is 6.63. The predicted molar refractivity (Wildman–Crippen MR) is 101 cm³/mol. The second-order valence-electron chi connectivity index (χ2n) is 6.66. The van der Waals surface area contributed by atoms with Crippen molar-refractivity contribution in [1.29, 1.82) is 0 Å². The number of hydrogen-bond donors (Lipinski definition) is 2. The topological polar surface area (TPSA) is 78.5 Å². The quantitative estimate of drug-likeness (QED) is 0.822. The van der Waals surface area contributed by atoms with Crippen LogP contribution in [0.1, 0.15) is 45.7 Å². The number of carbonyl (C=O) groups excluding carboxylic acids is 3. The number of anilines is 2. The number of aryl methyl sites for hydroxylation is 1. The van der Waals surface area contributed by atoms with Gasteiger partial charge in [0.1, 0.15) is 0 Å². The molecule has 1 aliphatic heterocycles. The summed E-state index contributed by atoms with van der Waals surface area (Å²) in [7, 11) is 0. The van der Waals surface area contributed by atoms with E-state index in [4.69, 9.17) is 0 Å². The van der Waals surface area contributed by atoms with Gasteiger partial charge in [0.05, 0.1) is 11.1 Å². The summed E-state index contributed by atoms with van der Waals surface area (Å²) in [6.45, 7) is 7.49. The molecule has 0 radical (unpaired) electrons. The summed E-state index contributed by atoms with van der Waals surface area (Å²) >= 11 is 0. The number of fused-ring (bicyclic) bond motifs is 1. The number of amides is 4. The second-order valence-corrected chi connectivity index (χ2v) is 6.66. The molecule has 1 heterocycles. The molecule has 4 amide bonds. The summed E-state index contributed by atoms with van der Waals surface area (Å²) in [5, 5.41) is 5.52. The average molecular weight is 351 g/mol. The van der Waals surface area contributed by atoms with Crippen molar-refractivity contribution >= 4 is 29.2 Å². The van der Waals surface area contributed by atoms with Crippen molar-refractivity contribution in [3.8, 4) is 0 Å². The molecule has 2 aromatic carbocycles. The highest BCUT2D eigenvalue weighted by Crippen LogP contribution is 2.27. The lowest BCUT2D eigenvalue weighted by Gasteiger charge is -2.17. The molecule has 0 aromatic heterocycles. The highest BCUT2D eigenvalue weighted by molar-refractivity contribution is 6.22. The van der Waals surface area contributed by atoms with E-state index in [1.807, 2.05) is 32.0 Å². The normalized spacial score (nSPS) is 13.2. The van der Waals surface area contributed by atoms with Crippen LogP contribution in [-0.4, -0.2) is 28.8 Å². The zero-order chi connectivity index (χ0) is 19.0. The molecule has 2 aromatic rings. The van der Waals surface area contributed by atoms with Crippen LogP contribution in [0.5, 0.6) is 0 Å². The van der Waals surface area contributed by atoms with Crippen molar-refractivity contribution in [3.63, 3.8) is 0 Å². The number of nitrogens with zero attached hydrogens (tertiary/aromatic N) is 1. The molecule has 6 nitrogen and oxygen atoms in total. The van der Waals surface area contributed by atoms with Gasteiger partial charge in [0.2, 0.25) is 0 Å². The van der Waals surface area contributed by atoms with E-state index in [1.165, 1.54) is 4.90 Å². The lowest BCUT2D eigenvalue weighted by Crippen LogP contribution is -2.35. The fourth-order valence-corrected chi connectivity index (χ4v) is 2.98.